The number of hydrogen-bond donors (Lipinski definition) is 3. The van der Waals surface area contributed by atoms with Crippen molar-refractivity contribution in [2.75, 3.05) is 13.1 Å². The van der Waals surface area contributed by atoms with Gasteiger partial charge in [-0.2, -0.15) is 0 Å². The molecule has 2 aliphatic rings. The number of benzene rings is 1. The van der Waals surface area contributed by atoms with Gasteiger partial charge in [0.1, 0.15) is 0 Å². The van der Waals surface area contributed by atoms with Crippen LogP contribution >= 0.6 is 12.4 Å². The highest BCUT2D eigenvalue weighted by Gasteiger charge is 2.28. The van der Waals surface area contributed by atoms with Gasteiger partial charge in [-0.25, -0.2) is 13.1 Å². The van der Waals surface area contributed by atoms with Crippen LogP contribution in [0.3, 0.4) is 0 Å². The molecular weight excluding hydrogens is 350 g/mol. The largest absolute Gasteiger partial charge is 0.349 e. The average Bonchev–Trinajstić information content (AvgIpc) is 3.33. The third-order valence-electron chi connectivity index (χ3n) is 4.43. The van der Waals surface area contributed by atoms with Crippen molar-refractivity contribution in [2.45, 2.75) is 43.2 Å². The van der Waals surface area contributed by atoms with Gasteiger partial charge in [-0.1, -0.05) is 6.92 Å². The maximum absolute atomic E-state index is 12.3. The zero-order chi connectivity index (χ0) is 16.4. The average molecular weight is 374 g/mol. The molecular formula is C16H24ClN3O3S. The van der Waals surface area contributed by atoms with Crippen LogP contribution in [0.4, 0.5) is 0 Å². The molecule has 3 rings (SSSR count). The van der Waals surface area contributed by atoms with E-state index >= 15 is 0 Å². The van der Waals surface area contributed by atoms with Crippen LogP contribution in [0.25, 0.3) is 0 Å². The van der Waals surface area contributed by atoms with E-state index in [0.29, 0.717) is 11.5 Å². The molecule has 2 unspecified atom stereocenters. The van der Waals surface area contributed by atoms with E-state index in [2.05, 4.69) is 22.3 Å². The molecule has 1 saturated carbocycles. The Kier molecular flexibility index (Phi) is 6.25. The highest BCUT2D eigenvalue weighted by Crippen LogP contribution is 2.22. The molecule has 1 amide bonds. The lowest BCUT2D eigenvalue weighted by Crippen LogP contribution is -2.48. The summed E-state index contributed by atoms with van der Waals surface area (Å²) in [5.41, 5.74) is 0.487. The zero-order valence-corrected chi connectivity index (χ0v) is 15.3. The first-order valence-electron chi connectivity index (χ1n) is 8.10. The Morgan fingerprint density at radius 3 is 2.42 bits per heavy atom. The fourth-order valence-corrected chi connectivity index (χ4v) is 4.06. The Morgan fingerprint density at radius 2 is 1.83 bits per heavy atom. The number of amides is 1. The van der Waals surface area contributed by atoms with E-state index in [-0.39, 0.29) is 35.3 Å². The fraction of sp³-hybridized carbons (Fsp3) is 0.562. The predicted octanol–water partition coefficient (Wildman–Crippen LogP) is 1.28. The number of hydrogen-bond acceptors (Lipinski definition) is 4. The molecule has 0 aromatic heterocycles. The Hall–Kier alpha value is -1.15. The highest BCUT2D eigenvalue weighted by atomic mass is 35.5. The van der Waals surface area contributed by atoms with Gasteiger partial charge in [0.25, 0.3) is 5.91 Å². The second kappa shape index (κ2) is 7.82. The third-order valence-corrected chi connectivity index (χ3v) is 5.96. The number of piperidine rings is 1. The lowest BCUT2D eigenvalue weighted by atomic mass is 9.95. The van der Waals surface area contributed by atoms with Crippen molar-refractivity contribution < 1.29 is 13.2 Å². The lowest BCUT2D eigenvalue weighted by molar-refractivity contribution is 0.0914. The van der Waals surface area contributed by atoms with Gasteiger partial charge < -0.3 is 10.6 Å². The minimum atomic E-state index is -3.47. The van der Waals surface area contributed by atoms with E-state index in [1.165, 1.54) is 12.1 Å². The molecule has 1 aliphatic heterocycles. The molecule has 2 atom stereocenters. The minimum absolute atomic E-state index is 0. The number of rotatable bonds is 5. The monoisotopic (exact) mass is 373 g/mol. The van der Waals surface area contributed by atoms with Crippen LogP contribution in [0.1, 0.15) is 36.5 Å². The summed E-state index contributed by atoms with van der Waals surface area (Å²) in [7, 11) is -3.47. The van der Waals surface area contributed by atoms with E-state index in [1.807, 2.05) is 0 Å². The Labute approximate surface area is 149 Å². The molecule has 3 N–H and O–H groups in total. The molecule has 0 radical (unpaired) electrons. The van der Waals surface area contributed by atoms with Crippen LogP contribution in [-0.4, -0.2) is 39.5 Å². The summed E-state index contributed by atoms with van der Waals surface area (Å²) < 4.78 is 26.8. The molecule has 0 bridgehead atoms. The fourth-order valence-electron chi connectivity index (χ4n) is 2.75. The van der Waals surface area contributed by atoms with Crippen molar-refractivity contribution in [2.24, 2.45) is 5.92 Å². The lowest BCUT2D eigenvalue weighted by Gasteiger charge is -2.30. The summed E-state index contributed by atoms with van der Waals surface area (Å²) >= 11 is 0. The van der Waals surface area contributed by atoms with Crippen molar-refractivity contribution in [3.8, 4) is 0 Å². The van der Waals surface area contributed by atoms with Gasteiger partial charge in [0.05, 0.1) is 4.90 Å². The van der Waals surface area contributed by atoms with E-state index in [1.54, 1.807) is 12.1 Å². The molecule has 24 heavy (non-hydrogen) atoms. The smallest absolute Gasteiger partial charge is 0.251 e. The first kappa shape index (κ1) is 19.2. The Bertz CT molecular complexity index is 674. The van der Waals surface area contributed by atoms with Crippen molar-refractivity contribution in [3.05, 3.63) is 29.8 Å². The van der Waals surface area contributed by atoms with E-state index < -0.39 is 10.0 Å². The second-order valence-electron chi connectivity index (χ2n) is 6.47. The van der Waals surface area contributed by atoms with Gasteiger partial charge in [0.15, 0.2) is 0 Å². The second-order valence-corrected chi connectivity index (χ2v) is 8.18. The third kappa shape index (κ3) is 4.69. The van der Waals surface area contributed by atoms with Crippen molar-refractivity contribution >= 4 is 28.3 Å². The first-order valence-corrected chi connectivity index (χ1v) is 9.58. The summed E-state index contributed by atoms with van der Waals surface area (Å²) in [4.78, 5) is 12.5. The number of sulfonamides is 1. The maximum Gasteiger partial charge on any atom is 0.251 e. The normalized spacial score (nSPS) is 24.0. The van der Waals surface area contributed by atoms with Gasteiger partial charge in [-0.15, -0.1) is 12.4 Å². The van der Waals surface area contributed by atoms with Gasteiger partial charge in [-0.3, -0.25) is 4.79 Å². The zero-order valence-electron chi connectivity index (χ0n) is 13.6. The predicted molar refractivity (Wildman–Crippen MR) is 94.9 cm³/mol. The molecule has 1 aromatic rings. The molecule has 1 heterocycles. The number of carbonyl (C=O) groups excluding carboxylic acids is 1. The molecule has 134 valence electrons. The number of nitrogens with one attached hydrogen (secondary N) is 3. The Morgan fingerprint density at radius 1 is 1.17 bits per heavy atom. The standard InChI is InChI=1S/C16H23N3O3S.ClH/c1-11-10-17-9-8-15(11)18-16(20)12-2-6-14(7-3-12)23(21,22)19-13-4-5-13;/h2-3,6-7,11,13,15,17,19H,4-5,8-10H2,1H3,(H,18,20);1H. The molecule has 1 aliphatic carbocycles. The van der Waals surface area contributed by atoms with Crippen LogP contribution in [0.2, 0.25) is 0 Å². The Balaban J connectivity index is 0.00000208. The van der Waals surface area contributed by atoms with Gasteiger partial charge in [0, 0.05) is 17.6 Å². The SMILES string of the molecule is CC1CNCCC1NC(=O)c1ccc(S(=O)(=O)NC2CC2)cc1.Cl. The molecule has 2 fully saturated rings. The van der Waals surface area contributed by atoms with Crippen LogP contribution in [0.15, 0.2) is 29.2 Å². The summed E-state index contributed by atoms with van der Waals surface area (Å²) in [6, 6.07) is 6.36. The summed E-state index contributed by atoms with van der Waals surface area (Å²) in [5, 5.41) is 6.34. The van der Waals surface area contributed by atoms with E-state index in [9.17, 15) is 13.2 Å². The molecule has 1 saturated heterocycles. The van der Waals surface area contributed by atoms with Gasteiger partial charge in [0.2, 0.25) is 10.0 Å². The van der Waals surface area contributed by atoms with Gasteiger partial charge >= 0.3 is 0 Å². The van der Waals surface area contributed by atoms with E-state index in [0.717, 1.165) is 32.4 Å². The quantitative estimate of drug-likeness (QED) is 0.725. The molecule has 8 heteroatoms. The summed E-state index contributed by atoms with van der Waals surface area (Å²) in [5.74, 6) is 0.234. The van der Waals surface area contributed by atoms with Gasteiger partial charge in [-0.05, 0) is 62.5 Å². The van der Waals surface area contributed by atoms with E-state index in [4.69, 9.17) is 0 Å². The van der Waals surface area contributed by atoms with Crippen LogP contribution in [-0.2, 0) is 10.0 Å². The summed E-state index contributed by atoms with van der Waals surface area (Å²) in [6.45, 7) is 3.91. The topological polar surface area (TPSA) is 87.3 Å². The first-order chi connectivity index (χ1) is 11.0. The van der Waals surface area contributed by atoms with Crippen LogP contribution < -0.4 is 15.4 Å². The molecule has 6 nitrogen and oxygen atoms in total. The van der Waals surface area contributed by atoms with Crippen molar-refractivity contribution in [1.29, 1.82) is 0 Å². The number of carbonyl (C=O) groups is 1. The number of halogens is 1. The van der Waals surface area contributed by atoms with Crippen LogP contribution in [0.5, 0.6) is 0 Å². The highest BCUT2D eigenvalue weighted by molar-refractivity contribution is 7.89. The van der Waals surface area contributed by atoms with Crippen LogP contribution in [0, 0.1) is 5.92 Å². The molecule has 0 spiro atoms. The minimum Gasteiger partial charge on any atom is -0.349 e. The maximum atomic E-state index is 12.3. The van der Waals surface area contributed by atoms with Crippen molar-refractivity contribution in [1.82, 2.24) is 15.4 Å². The summed E-state index contributed by atoms with van der Waals surface area (Å²) in [6.07, 6.45) is 2.70. The van der Waals surface area contributed by atoms with Crippen molar-refractivity contribution in [3.63, 3.8) is 0 Å². The molecule has 1 aromatic carbocycles.